The zero-order valence-electron chi connectivity index (χ0n) is 10.7. The molecule has 0 heterocycles. The van der Waals surface area contributed by atoms with Crippen molar-refractivity contribution in [2.24, 2.45) is 0 Å². The summed E-state index contributed by atoms with van der Waals surface area (Å²) >= 11 is 3.38. The van der Waals surface area contributed by atoms with Crippen LogP contribution < -0.4 is 4.74 Å². The normalized spacial score (nSPS) is 10.1. The zero-order valence-corrected chi connectivity index (χ0v) is 12.2. The Balaban J connectivity index is 2.21. The molecule has 0 N–H and O–H groups in total. The third kappa shape index (κ3) is 4.07. The van der Waals surface area contributed by atoms with E-state index in [1.54, 1.807) is 19.1 Å². The van der Waals surface area contributed by atoms with E-state index in [0.29, 0.717) is 5.56 Å². The van der Waals surface area contributed by atoms with E-state index in [-0.39, 0.29) is 5.75 Å². The van der Waals surface area contributed by atoms with Crippen LogP contribution >= 0.6 is 15.9 Å². The van der Waals surface area contributed by atoms with Crippen LogP contribution in [-0.2, 0) is 0 Å². The molecule has 20 heavy (non-hydrogen) atoms. The predicted octanol–water partition coefficient (Wildman–Crippen LogP) is 4.76. The van der Waals surface area contributed by atoms with Crippen LogP contribution in [0.5, 0.6) is 5.75 Å². The fourth-order valence-corrected chi connectivity index (χ4v) is 2.07. The van der Waals surface area contributed by atoms with E-state index in [4.69, 9.17) is 0 Å². The Morgan fingerprint density at radius 1 is 1.05 bits per heavy atom. The van der Waals surface area contributed by atoms with Gasteiger partial charge in [-0.25, -0.2) is 0 Å². The standard InChI is InChI=1S/C16H11BrF2O/c1-11-9-13(7-8-15(11)20-16(18)19)6-5-12-3-2-4-14(17)10-12/h2-4,7-10,16H,1H3. The molecule has 0 aliphatic rings. The molecule has 0 amide bonds. The molecule has 1 nitrogen and oxygen atoms in total. The average Bonchev–Trinajstić information content (AvgIpc) is 2.39. The molecule has 0 aromatic heterocycles. The van der Waals surface area contributed by atoms with E-state index in [1.807, 2.05) is 24.3 Å². The first-order valence-corrected chi connectivity index (χ1v) is 6.67. The van der Waals surface area contributed by atoms with E-state index in [9.17, 15) is 8.78 Å². The Morgan fingerprint density at radius 2 is 1.75 bits per heavy atom. The van der Waals surface area contributed by atoms with Crippen molar-refractivity contribution in [2.45, 2.75) is 13.5 Å². The molecular weight excluding hydrogens is 326 g/mol. The van der Waals surface area contributed by atoms with E-state index in [2.05, 4.69) is 32.5 Å². The van der Waals surface area contributed by atoms with Crippen molar-refractivity contribution in [1.82, 2.24) is 0 Å². The largest absolute Gasteiger partial charge is 0.435 e. The lowest BCUT2D eigenvalue weighted by atomic mass is 10.1. The molecule has 0 aliphatic heterocycles. The van der Waals surface area contributed by atoms with Gasteiger partial charge in [-0.1, -0.05) is 33.8 Å². The molecule has 0 bridgehead atoms. The topological polar surface area (TPSA) is 9.23 Å². The summed E-state index contributed by atoms with van der Waals surface area (Å²) in [6.45, 7) is -1.10. The highest BCUT2D eigenvalue weighted by atomic mass is 79.9. The fourth-order valence-electron chi connectivity index (χ4n) is 1.67. The van der Waals surface area contributed by atoms with Gasteiger partial charge in [0.05, 0.1) is 0 Å². The van der Waals surface area contributed by atoms with E-state index < -0.39 is 6.61 Å². The van der Waals surface area contributed by atoms with Crippen LogP contribution in [0.1, 0.15) is 16.7 Å². The predicted molar refractivity (Wildman–Crippen MR) is 77.9 cm³/mol. The van der Waals surface area contributed by atoms with E-state index >= 15 is 0 Å². The quantitative estimate of drug-likeness (QED) is 0.718. The number of alkyl halides is 2. The molecule has 102 valence electrons. The monoisotopic (exact) mass is 336 g/mol. The minimum atomic E-state index is -2.81. The third-order valence-corrected chi connectivity index (χ3v) is 3.06. The van der Waals surface area contributed by atoms with Crippen LogP contribution in [0.4, 0.5) is 8.78 Å². The lowest BCUT2D eigenvalue weighted by Crippen LogP contribution is -2.03. The Morgan fingerprint density at radius 3 is 2.35 bits per heavy atom. The first-order valence-electron chi connectivity index (χ1n) is 5.87. The minimum Gasteiger partial charge on any atom is -0.435 e. The van der Waals surface area contributed by atoms with Gasteiger partial charge in [0.25, 0.3) is 0 Å². The van der Waals surface area contributed by atoms with Crippen LogP contribution in [0, 0.1) is 18.8 Å². The van der Waals surface area contributed by atoms with Crippen LogP contribution in [0.15, 0.2) is 46.9 Å². The van der Waals surface area contributed by atoms with Crippen LogP contribution in [0.25, 0.3) is 0 Å². The molecule has 0 saturated carbocycles. The van der Waals surface area contributed by atoms with Crippen molar-refractivity contribution in [3.8, 4) is 17.6 Å². The SMILES string of the molecule is Cc1cc(C#Cc2cccc(Br)c2)ccc1OC(F)F. The lowest BCUT2D eigenvalue weighted by Gasteiger charge is -2.07. The van der Waals surface area contributed by atoms with E-state index in [1.165, 1.54) is 6.07 Å². The van der Waals surface area contributed by atoms with Gasteiger partial charge < -0.3 is 4.74 Å². The van der Waals surface area contributed by atoms with Gasteiger partial charge in [-0.05, 0) is 48.9 Å². The highest BCUT2D eigenvalue weighted by Gasteiger charge is 2.06. The number of halogens is 3. The van der Waals surface area contributed by atoms with Crippen LogP contribution in [-0.4, -0.2) is 6.61 Å². The summed E-state index contributed by atoms with van der Waals surface area (Å²) in [6.07, 6.45) is 0. The van der Waals surface area contributed by atoms with Crippen LogP contribution in [0.2, 0.25) is 0 Å². The summed E-state index contributed by atoms with van der Waals surface area (Å²) in [7, 11) is 0. The average molecular weight is 337 g/mol. The molecule has 2 rings (SSSR count). The molecule has 0 radical (unpaired) electrons. The fraction of sp³-hybridized carbons (Fsp3) is 0.125. The number of hydrogen-bond acceptors (Lipinski definition) is 1. The van der Waals surface area contributed by atoms with Crippen molar-refractivity contribution in [2.75, 3.05) is 0 Å². The van der Waals surface area contributed by atoms with Crippen molar-refractivity contribution >= 4 is 15.9 Å². The maximum atomic E-state index is 12.2. The molecular formula is C16H11BrF2O. The van der Waals surface area contributed by atoms with Gasteiger partial charge in [-0.2, -0.15) is 8.78 Å². The Kier molecular flexibility index (Phi) is 4.75. The van der Waals surface area contributed by atoms with Crippen molar-refractivity contribution in [1.29, 1.82) is 0 Å². The highest BCUT2D eigenvalue weighted by molar-refractivity contribution is 9.10. The molecule has 0 spiro atoms. The molecule has 2 aromatic rings. The maximum absolute atomic E-state index is 12.2. The third-order valence-electron chi connectivity index (χ3n) is 2.57. The van der Waals surface area contributed by atoms with Crippen molar-refractivity contribution in [3.63, 3.8) is 0 Å². The molecule has 0 atom stereocenters. The van der Waals surface area contributed by atoms with Gasteiger partial charge in [-0.3, -0.25) is 0 Å². The molecule has 4 heteroatoms. The second kappa shape index (κ2) is 6.53. The molecule has 0 aliphatic carbocycles. The molecule has 0 saturated heterocycles. The highest BCUT2D eigenvalue weighted by Crippen LogP contribution is 2.20. The number of benzene rings is 2. The van der Waals surface area contributed by atoms with Gasteiger partial charge in [0.15, 0.2) is 0 Å². The summed E-state index contributed by atoms with van der Waals surface area (Å²) in [5.41, 5.74) is 2.26. The van der Waals surface area contributed by atoms with Crippen molar-refractivity contribution < 1.29 is 13.5 Å². The Hall–Kier alpha value is -1.86. The van der Waals surface area contributed by atoms with Gasteiger partial charge in [-0.15, -0.1) is 0 Å². The first-order chi connectivity index (χ1) is 9.54. The van der Waals surface area contributed by atoms with Gasteiger partial charge >= 0.3 is 6.61 Å². The smallest absolute Gasteiger partial charge is 0.387 e. The second-order valence-electron chi connectivity index (χ2n) is 4.12. The van der Waals surface area contributed by atoms with Gasteiger partial charge in [0, 0.05) is 15.6 Å². The lowest BCUT2D eigenvalue weighted by molar-refractivity contribution is -0.0502. The molecule has 0 unspecified atom stereocenters. The first kappa shape index (κ1) is 14.5. The Labute approximate surface area is 124 Å². The summed E-state index contributed by atoms with van der Waals surface area (Å²) in [5, 5.41) is 0. The number of aryl methyl sites for hydroxylation is 1. The van der Waals surface area contributed by atoms with Crippen LogP contribution in [0.3, 0.4) is 0 Å². The molecule has 0 fully saturated rings. The number of ether oxygens (including phenoxy) is 1. The number of hydrogen-bond donors (Lipinski definition) is 0. The summed E-state index contributed by atoms with van der Waals surface area (Å²) < 4.78 is 29.7. The zero-order chi connectivity index (χ0) is 14.5. The van der Waals surface area contributed by atoms with Gasteiger partial charge in [0.1, 0.15) is 5.75 Å². The second-order valence-corrected chi connectivity index (χ2v) is 5.03. The minimum absolute atomic E-state index is 0.174. The number of rotatable bonds is 2. The maximum Gasteiger partial charge on any atom is 0.387 e. The summed E-state index contributed by atoms with van der Waals surface area (Å²) in [4.78, 5) is 0. The summed E-state index contributed by atoms with van der Waals surface area (Å²) in [5.74, 6) is 6.19. The summed E-state index contributed by atoms with van der Waals surface area (Å²) in [6, 6.07) is 12.5. The Bertz CT molecular complexity index is 672. The molecule has 2 aromatic carbocycles. The van der Waals surface area contributed by atoms with E-state index in [0.717, 1.165) is 15.6 Å². The van der Waals surface area contributed by atoms with Gasteiger partial charge in [0.2, 0.25) is 0 Å². The van der Waals surface area contributed by atoms with Crippen molar-refractivity contribution in [3.05, 3.63) is 63.6 Å².